The molecular weight excluding hydrogens is 428 g/mol. The number of nitrogens with zero attached hydrogens (tertiary/aromatic N) is 2. The van der Waals surface area contributed by atoms with Gasteiger partial charge < -0.3 is 14.4 Å². The van der Waals surface area contributed by atoms with Crippen molar-refractivity contribution in [3.05, 3.63) is 88.1 Å². The molecule has 0 radical (unpaired) electrons. The first kappa shape index (κ1) is 22.0. The van der Waals surface area contributed by atoms with E-state index in [0.717, 1.165) is 30.5 Å². The fraction of sp³-hybridized carbons (Fsp3) is 0.240. The lowest BCUT2D eigenvalue weighted by atomic mass is 9.99. The Morgan fingerprint density at radius 3 is 2.69 bits per heavy atom. The minimum absolute atomic E-state index is 0.0891. The second kappa shape index (κ2) is 9.94. The second-order valence-corrected chi connectivity index (χ2v) is 8.02. The molecule has 1 aliphatic heterocycles. The Balaban J connectivity index is 1.48. The highest BCUT2D eigenvalue weighted by molar-refractivity contribution is 6.31. The molecule has 1 aromatic heterocycles. The van der Waals surface area contributed by atoms with Crippen molar-refractivity contribution in [2.45, 2.75) is 19.1 Å². The number of halogens is 1. The lowest BCUT2D eigenvalue weighted by Gasteiger charge is -2.21. The van der Waals surface area contributed by atoms with Crippen LogP contribution >= 0.6 is 11.6 Å². The second-order valence-electron chi connectivity index (χ2n) is 7.62. The van der Waals surface area contributed by atoms with Crippen LogP contribution in [0.3, 0.4) is 0 Å². The van der Waals surface area contributed by atoms with Crippen molar-refractivity contribution in [2.24, 2.45) is 0 Å². The van der Waals surface area contributed by atoms with E-state index in [4.69, 9.17) is 21.1 Å². The highest BCUT2D eigenvalue weighted by Crippen LogP contribution is 2.29. The molecule has 0 N–H and O–H groups in total. The van der Waals surface area contributed by atoms with Gasteiger partial charge in [-0.15, -0.1) is 0 Å². The maximum atomic E-state index is 12.9. The largest absolute Gasteiger partial charge is 0.471 e. The third-order valence-electron chi connectivity index (χ3n) is 5.43. The van der Waals surface area contributed by atoms with Crippen LogP contribution in [0.5, 0.6) is 5.88 Å². The zero-order valence-electron chi connectivity index (χ0n) is 17.7. The van der Waals surface area contributed by atoms with Crippen molar-refractivity contribution in [2.75, 3.05) is 25.1 Å². The van der Waals surface area contributed by atoms with Crippen LogP contribution in [0.4, 0.5) is 5.69 Å². The summed E-state index contributed by atoms with van der Waals surface area (Å²) < 4.78 is 11.0. The van der Waals surface area contributed by atoms with Crippen molar-refractivity contribution in [1.82, 2.24) is 4.98 Å². The van der Waals surface area contributed by atoms with Gasteiger partial charge in [-0.1, -0.05) is 35.9 Å². The molecule has 1 atom stereocenters. The van der Waals surface area contributed by atoms with E-state index in [1.807, 2.05) is 18.2 Å². The van der Waals surface area contributed by atoms with Gasteiger partial charge in [0.15, 0.2) is 12.1 Å². The maximum Gasteiger partial charge on any atom is 0.232 e. The van der Waals surface area contributed by atoms with Gasteiger partial charge in [-0.2, -0.15) is 0 Å². The van der Waals surface area contributed by atoms with Crippen LogP contribution in [-0.2, 0) is 11.3 Å². The van der Waals surface area contributed by atoms with Gasteiger partial charge in [-0.05, 0) is 35.9 Å². The Bertz CT molecular complexity index is 1120. The molecule has 2 heterocycles. The van der Waals surface area contributed by atoms with Crippen molar-refractivity contribution >= 4 is 29.4 Å². The van der Waals surface area contributed by atoms with Gasteiger partial charge in [0, 0.05) is 48.6 Å². The van der Waals surface area contributed by atoms with Crippen LogP contribution in [0.2, 0.25) is 5.02 Å². The van der Waals surface area contributed by atoms with Crippen molar-refractivity contribution in [1.29, 1.82) is 0 Å². The quantitative estimate of drug-likeness (QED) is 0.369. The van der Waals surface area contributed by atoms with Crippen LogP contribution < -0.4 is 9.64 Å². The van der Waals surface area contributed by atoms with Crippen molar-refractivity contribution in [3.63, 3.8) is 0 Å². The molecule has 0 saturated carbocycles. The summed E-state index contributed by atoms with van der Waals surface area (Å²) in [7, 11) is 1.63. The van der Waals surface area contributed by atoms with Crippen LogP contribution in [0.15, 0.2) is 60.8 Å². The van der Waals surface area contributed by atoms with E-state index in [1.165, 1.54) is 0 Å². The number of carbonyl (C=O) groups is 2. The molecule has 0 aliphatic carbocycles. The van der Waals surface area contributed by atoms with Gasteiger partial charge in [0.25, 0.3) is 0 Å². The summed E-state index contributed by atoms with van der Waals surface area (Å²) >= 11 is 6.14. The molecule has 1 unspecified atom stereocenters. The third kappa shape index (κ3) is 4.82. The summed E-state index contributed by atoms with van der Waals surface area (Å²) in [6.45, 7) is 1.82. The normalized spacial score (nSPS) is 15.6. The topological polar surface area (TPSA) is 68.7 Å². The van der Waals surface area contributed by atoms with E-state index in [-0.39, 0.29) is 11.9 Å². The molecular formula is C25H23ClN2O4. The molecule has 32 heavy (non-hydrogen) atoms. The number of ketones is 1. The average Bonchev–Trinajstić information content (AvgIpc) is 3.29. The Kier molecular flexibility index (Phi) is 6.83. The molecule has 1 fully saturated rings. The molecule has 1 aliphatic rings. The molecule has 0 amide bonds. The number of benzene rings is 2. The predicted octanol–water partition coefficient (Wildman–Crippen LogP) is 4.58. The summed E-state index contributed by atoms with van der Waals surface area (Å²) in [6, 6.07) is 16.0. The standard InChI is InChI=1S/C25H23ClN2O4/c1-31-16-17-4-6-18(7-5-17)24(30)19-8-9-23(20(13-19)15-29)28-12-10-21(14-28)32-25-22(26)3-2-11-27-25/h2-9,11,13,15,21H,10,12,14,16H2,1H3. The lowest BCUT2D eigenvalue weighted by Crippen LogP contribution is -2.25. The number of anilines is 1. The van der Waals surface area contributed by atoms with Crippen molar-refractivity contribution in [3.8, 4) is 5.88 Å². The Labute approximate surface area is 191 Å². The number of carbonyl (C=O) groups excluding carboxylic acids is 2. The first-order valence-corrected chi connectivity index (χ1v) is 10.7. The van der Waals surface area contributed by atoms with Gasteiger partial charge in [0.05, 0.1) is 13.2 Å². The number of aldehydes is 1. The number of hydrogen-bond acceptors (Lipinski definition) is 6. The fourth-order valence-corrected chi connectivity index (χ4v) is 3.99. The van der Waals surface area contributed by atoms with Crippen molar-refractivity contribution < 1.29 is 19.1 Å². The van der Waals surface area contributed by atoms with Crippen LogP contribution in [-0.4, -0.2) is 43.4 Å². The zero-order chi connectivity index (χ0) is 22.5. The van der Waals surface area contributed by atoms with Gasteiger partial charge in [-0.3, -0.25) is 9.59 Å². The highest BCUT2D eigenvalue weighted by Gasteiger charge is 2.27. The Hall–Kier alpha value is -3.22. The van der Waals surface area contributed by atoms with Gasteiger partial charge >= 0.3 is 0 Å². The first-order valence-electron chi connectivity index (χ1n) is 10.3. The number of pyridine rings is 1. The number of ether oxygens (including phenoxy) is 2. The molecule has 4 rings (SSSR count). The van der Waals surface area contributed by atoms with Gasteiger partial charge in [-0.25, -0.2) is 4.98 Å². The van der Waals surface area contributed by atoms with E-state index in [0.29, 0.717) is 40.7 Å². The molecule has 0 bridgehead atoms. The summed E-state index contributed by atoms with van der Waals surface area (Å²) in [4.78, 5) is 31.0. The fourth-order valence-electron chi connectivity index (χ4n) is 3.82. The SMILES string of the molecule is COCc1ccc(C(=O)c2ccc(N3CCC(Oc4ncccc4Cl)C3)c(C=O)c2)cc1. The van der Waals surface area contributed by atoms with E-state index in [2.05, 4.69) is 9.88 Å². The Morgan fingerprint density at radius 2 is 1.97 bits per heavy atom. The van der Waals surface area contributed by atoms with Crippen LogP contribution in [0.25, 0.3) is 0 Å². The van der Waals surface area contributed by atoms with Gasteiger partial charge in [0.1, 0.15) is 11.1 Å². The predicted molar refractivity (Wildman–Crippen MR) is 123 cm³/mol. The van der Waals surface area contributed by atoms with E-state index in [1.54, 1.807) is 49.7 Å². The number of rotatable bonds is 8. The summed E-state index contributed by atoms with van der Waals surface area (Å²) in [6.07, 6.45) is 3.12. The van der Waals surface area contributed by atoms with Crippen LogP contribution in [0, 0.1) is 0 Å². The lowest BCUT2D eigenvalue weighted by molar-refractivity contribution is 0.103. The Morgan fingerprint density at radius 1 is 1.19 bits per heavy atom. The monoisotopic (exact) mass is 450 g/mol. The average molecular weight is 451 g/mol. The first-order chi connectivity index (χ1) is 15.6. The molecule has 3 aromatic rings. The molecule has 164 valence electrons. The van der Waals surface area contributed by atoms with Gasteiger partial charge in [0.2, 0.25) is 5.88 Å². The number of aromatic nitrogens is 1. The molecule has 6 nitrogen and oxygen atoms in total. The maximum absolute atomic E-state index is 12.9. The smallest absolute Gasteiger partial charge is 0.232 e. The molecule has 0 spiro atoms. The van der Waals surface area contributed by atoms with E-state index >= 15 is 0 Å². The minimum atomic E-state index is -0.129. The summed E-state index contributed by atoms with van der Waals surface area (Å²) in [5.41, 5.74) is 3.29. The van der Waals surface area contributed by atoms with E-state index < -0.39 is 0 Å². The van der Waals surface area contributed by atoms with E-state index in [9.17, 15) is 9.59 Å². The zero-order valence-corrected chi connectivity index (χ0v) is 18.4. The minimum Gasteiger partial charge on any atom is -0.471 e. The third-order valence-corrected chi connectivity index (χ3v) is 5.72. The summed E-state index contributed by atoms with van der Waals surface area (Å²) in [5, 5.41) is 0.470. The number of hydrogen-bond donors (Lipinski definition) is 0. The van der Waals surface area contributed by atoms with Crippen LogP contribution in [0.1, 0.15) is 38.3 Å². The number of methoxy groups -OCH3 is 1. The molecule has 1 saturated heterocycles. The molecule has 7 heteroatoms. The summed E-state index contributed by atoms with van der Waals surface area (Å²) in [5.74, 6) is 0.283. The molecule has 2 aromatic carbocycles. The highest BCUT2D eigenvalue weighted by atomic mass is 35.5.